The van der Waals surface area contributed by atoms with E-state index in [0.29, 0.717) is 17.3 Å². The van der Waals surface area contributed by atoms with Crippen LogP contribution in [0.4, 0.5) is 5.69 Å². The van der Waals surface area contributed by atoms with Gasteiger partial charge in [-0.2, -0.15) is 0 Å². The Morgan fingerprint density at radius 1 is 1.20 bits per heavy atom. The van der Waals surface area contributed by atoms with Gasteiger partial charge in [0.25, 0.3) is 0 Å². The molecule has 106 valence electrons. The van der Waals surface area contributed by atoms with Crippen LogP contribution in [0.2, 0.25) is 0 Å². The van der Waals surface area contributed by atoms with E-state index in [1.54, 1.807) is 0 Å². The van der Waals surface area contributed by atoms with Crippen LogP contribution in [-0.4, -0.2) is 4.98 Å². The van der Waals surface area contributed by atoms with Gasteiger partial charge < -0.3 is 10.5 Å². The molecule has 0 radical (unpaired) electrons. The summed E-state index contributed by atoms with van der Waals surface area (Å²) >= 11 is 3.41. The van der Waals surface area contributed by atoms with Crippen molar-refractivity contribution in [2.45, 2.75) is 33.1 Å². The number of hydrogen-bond donors (Lipinski definition) is 1. The summed E-state index contributed by atoms with van der Waals surface area (Å²) < 4.78 is 6.75. The summed E-state index contributed by atoms with van der Waals surface area (Å²) in [5.74, 6) is 1.21. The predicted octanol–water partition coefficient (Wildman–Crippen LogP) is 4.82. The first-order chi connectivity index (χ1) is 9.27. The predicted molar refractivity (Wildman–Crippen MR) is 86.3 cm³/mol. The SMILES string of the molecule is Cc1cc(Br)cc(N)c1Oc1ccc(C(C)(C)C)cn1. The molecule has 0 aliphatic rings. The van der Waals surface area contributed by atoms with Gasteiger partial charge in [-0.05, 0) is 35.6 Å². The molecule has 0 aliphatic heterocycles. The third kappa shape index (κ3) is 3.31. The topological polar surface area (TPSA) is 48.1 Å². The Hall–Kier alpha value is -1.55. The Morgan fingerprint density at radius 2 is 1.90 bits per heavy atom. The molecule has 0 atom stereocenters. The molecule has 1 aromatic heterocycles. The van der Waals surface area contributed by atoms with Gasteiger partial charge >= 0.3 is 0 Å². The van der Waals surface area contributed by atoms with Crippen molar-refractivity contribution in [1.82, 2.24) is 4.98 Å². The summed E-state index contributed by atoms with van der Waals surface area (Å²) in [6, 6.07) is 7.70. The monoisotopic (exact) mass is 334 g/mol. The molecule has 0 aliphatic carbocycles. The molecule has 4 heteroatoms. The van der Waals surface area contributed by atoms with Gasteiger partial charge in [0.15, 0.2) is 5.75 Å². The molecule has 0 spiro atoms. The van der Waals surface area contributed by atoms with Gasteiger partial charge in [0, 0.05) is 16.7 Å². The van der Waals surface area contributed by atoms with Crippen molar-refractivity contribution >= 4 is 21.6 Å². The number of nitrogens with zero attached hydrogens (tertiary/aromatic N) is 1. The van der Waals surface area contributed by atoms with E-state index in [-0.39, 0.29) is 5.41 Å². The average molecular weight is 335 g/mol. The van der Waals surface area contributed by atoms with Crippen LogP contribution in [0.5, 0.6) is 11.6 Å². The summed E-state index contributed by atoms with van der Waals surface area (Å²) in [5, 5.41) is 0. The minimum Gasteiger partial charge on any atom is -0.437 e. The zero-order valence-corrected chi connectivity index (χ0v) is 13.8. The molecular formula is C16H19BrN2O. The number of pyridine rings is 1. The van der Waals surface area contributed by atoms with Gasteiger partial charge in [0.05, 0.1) is 5.69 Å². The van der Waals surface area contributed by atoms with E-state index < -0.39 is 0 Å². The summed E-state index contributed by atoms with van der Waals surface area (Å²) in [4.78, 5) is 4.36. The molecule has 2 N–H and O–H groups in total. The van der Waals surface area contributed by atoms with Gasteiger partial charge in [-0.1, -0.05) is 42.8 Å². The van der Waals surface area contributed by atoms with E-state index in [1.165, 1.54) is 5.56 Å². The Balaban J connectivity index is 2.27. The molecule has 2 rings (SSSR count). The summed E-state index contributed by atoms with van der Waals surface area (Å²) in [7, 11) is 0. The van der Waals surface area contributed by atoms with Crippen LogP contribution in [0.3, 0.4) is 0 Å². The highest BCUT2D eigenvalue weighted by molar-refractivity contribution is 9.10. The molecule has 1 heterocycles. The van der Waals surface area contributed by atoms with Crippen LogP contribution in [0.15, 0.2) is 34.9 Å². The molecule has 0 saturated carbocycles. The largest absolute Gasteiger partial charge is 0.437 e. The van der Waals surface area contributed by atoms with E-state index in [9.17, 15) is 0 Å². The fraction of sp³-hybridized carbons (Fsp3) is 0.312. The van der Waals surface area contributed by atoms with Gasteiger partial charge in [-0.25, -0.2) is 4.98 Å². The molecule has 0 fully saturated rings. The van der Waals surface area contributed by atoms with Crippen molar-refractivity contribution in [3.05, 3.63) is 46.1 Å². The Morgan fingerprint density at radius 3 is 2.40 bits per heavy atom. The summed E-state index contributed by atoms with van der Waals surface area (Å²) in [5.41, 5.74) is 8.81. The maximum atomic E-state index is 5.99. The number of halogens is 1. The molecule has 0 unspecified atom stereocenters. The van der Waals surface area contributed by atoms with Crippen molar-refractivity contribution in [2.75, 3.05) is 5.73 Å². The minimum atomic E-state index is 0.0814. The zero-order valence-electron chi connectivity index (χ0n) is 12.2. The third-order valence-corrected chi connectivity index (χ3v) is 3.53. The van der Waals surface area contributed by atoms with Crippen LogP contribution in [-0.2, 0) is 5.41 Å². The number of nitrogens with two attached hydrogens (primary N) is 1. The van der Waals surface area contributed by atoms with Gasteiger partial charge in [-0.15, -0.1) is 0 Å². The highest BCUT2D eigenvalue weighted by Gasteiger charge is 2.14. The first-order valence-corrected chi connectivity index (χ1v) is 7.26. The van der Waals surface area contributed by atoms with Gasteiger partial charge in [-0.3, -0.25) is 0 Å². The van der Waals surface area contributed by atoms with Crippen molar-refractivity contribution in [2.24, 2.45) is 0 Å². The number of aromatic nitrogens is 1. The van der Waals surface area contributed by atoms with Crippen LogP contribution < -0.4 is 10.5 Å². The van der Waals surface area contributed by atoms with E-state index in [4.69, 9.17) is 10.5 Å². The standard InChI is InChI=1S/C16H19BrN2O/c1-10-7-12(17)8-13(18)15(10)20-14-6-5-11(9-19-14)16(2,3)4/h5-9H,18H2,1-4H3. The smallest absolute Gasteiger partial charge is 0.219 e. The number of aryl methyl sites for hydroxylation is 1. The lowest BCUT2D eigenvalue weighted by Crippen LogP contribution is -2.11. The van der Waals surface area contributed by atoms with Crippen LogP contribution in [0.25, 0.3) is 0 Å². The lowest BCUT2D eigenvalue weighted by molar-refractivity contribution is 0.459. The molecular weight excluding hydrogens is 316 g/mol. The molecule has 20 heavy (non-hydrogen) atoms. The van der Waals surface area contributed by atoms with Crippen LogP contribution in [0, 0.1) is 6.92 Å². The quantitative estimate of drug-likeness (QED) is 0.800. The fourth-order valence-electron chi connectivity index (χ4n) is 1.88. The van der Waals surface area contributed by atoms with E-state index >= 15 is 0 Å². The van der Waals surface area contributed by atoms with Crippen molar-refractivity contribution < 1.29 is 4.74 Å². The second-order valence-electron chi connectivity index (χ2n) is 5.88. The number of benzene rings is 1. The lowest BCUT2D eigenvalue weighted by atomic mass is 9.88. The maximum absolute atomic E-state index is 5.99. The Kier molecular flexibility index (Phi) is 4.04. The minimum absolute atomic E-state index is 0.0814. The molecule has 3 nitrogen and oxygen atoms in total. The molecule has 1 aromatic carbocycles. The maximum Gasteiger partial charge on any atom is 0.219 e. The first-order valence-electron chi connectivity index (χ1n) is 6.47. The second-order valence-corrected chi connectivity index (χ2v) is 6.79. The van der Waals surface area contributed by atoms with E-state index in [0.717, 1.165) is 10.0 Å². The van der Waals surface area contributed by atoms with Gasteiger partial charge in [0.1, 0.15) is 0 Å². The fourth-order valence-corrected chi connectivity index (χ4v) is 2.47. The lowest BCUT2D eigenvalue weighted by Gasteiger charge is -2.18. The number of nitrogen functional groups attached to an aromatic ring is 1. The Labute approximate surface area is 128 Å². The van der Waals surface area contributed by atoms with Crippen molar-refractivity contribution in [3.63, 3.8) is 0 Å². The number of hydrogen-bond acceptors (Lipinski definition) is 3. The van der Waals surface area contributed by atoms with E-state index in [1.807, 2.05) is 37.4 Å². The van der Waals surface area contributed by atoms with Gasteiger partial charge in [0.2, 0.25) is 5.88 Å². The highest BCUT2D eigenvalue weighted by atomic mass is 79.9. The highest BCUT2D eigenvalue weighted by Crippen LogP contribution is 2.33. The normalized spacial score (nSPS) is 11.4. The molecule has 0 bridgehead atoms. The first kappa shape index (κ1) is 14.9. The zero-order chi connectivity index (χ0) is 14.9. The summed E-state index contributed by atoms with van der Waals surface area (Å²) in [6.07, 6.45) is 1.85. The average Bonchev–Trinajstić information content (AvgIpc) is 2.33. The van der Waals surface area contributed by atoms with Crippen LogP contribution >= 0.6 is 15.9 Å². The molecule has 2 aromatic rings. The van der Waals surface area contributed by atoms with E-state index in [2.05, 4.69) is 41.7 Å². The number of anilines is 1. The molecule has 0 saturated heterocycles. The molecule has 0 amide bonds. The van der Waals surface area contributed by atoms with Crippen molar-refractivity contribution in [1.29, 1.82) is 0 Å². The van der Waals surface area contributed by atoms with Crippen LogP contribution in [0.1, 0.15) is 31.9 Å². The second kappa shape index (κ2) is 5.44. The third-order valence-electron chi connectivity index (χ3n) is 3.08. The summed E-state index contributed by atoms with van der Waals surface area (Å²) in [6.45, 7) is 8.42. The van der Waals surface area contributed by atoms with Crippen molar-refractivity contribution in [3.8, 4) is 11.6 Å². The number of ether oxygens (including phenoxy) is 1. The number of rotatable bonds is 2. The Bertz CT molecular complexity index is 592.